The summed E-state index contributed by atoms with van der Waals surface area (Å²) in [6.45, 7) is -0.0706. The highest BCUT2D eigenvalue weighted by Gasteiger charge is 2.39. The summed E-state index contributed by atoms with van der Waals surface area (Å²) in [5, 5.41) is 21.5. The number of anilines is 1. The van der Waals surface area contributed by atoms with Crippen LogP contribution in [0.4, 0.5) is 9.93 Å². The van der Waals surface area contributed by atoms with Crippen LogP contribution in [0.25, 0.3) is 11.4 Å². The Morgan fingerprint density at radius 2 is 2.04 bits per heavy atom. The molecule has 2 amide bonds. The van der Waals surface area contributed by atoms with Gasteiger partial charge in [-0.1, -0.05) is 30.3 Å². The molecule has 0 aliphatic carbocycles. The van der Waals surface area contributed by atoms with Crippen LogP contribution in [0, 0.1) is 0 Å². The highest BCUT2D eigenvalue weighted by atomic mass is 32.1. The predicted molar refractivity (Wildman–Crippen MR) is 83.1 cm³/mol. The number of hydrogen-bond donors (Lipinski definition) is 3. The number of carbonyl (C=O) groups excluding carboxylic acids is 1. The van der Waals surface area contributed by atoms with E-state index in [1.807, 2.05) is 30.3 Å². The van der Waals surface area contributed by atoms with Crippen molar-refractivity contribution in [3.05, 3.63) is 30.3 Å². The minimum atomic E-state index is -1.23. The molecule has 3 N–H and O–H groups in total. The fraction of sp³-hybridized carbons (Fsp3) is 0.286. The number of carboxylic acid groups (broad SMARTS) is 1. The molecule has 23 heavy (non-hydrogen) atoms. The number of aliphatic hydroxyl groups is 1. The summed E-state index contributed by atoms with van der Waals surface area (Å²) < 4.78 is 4.17. The number of amides is 2. The van der Waals surface area contributed by atoms with Gasteiger partial charge >= 0.3 is 6.09 Å². The van der Waals surface area contributed by atoms with E-state index in [0.29, 0.717) is 11.0 Å². The van der Waals surface area contributed by atoms with E-state index in [1.165, 1.54) is 0 Å². The lowest BCUT2D eigenvalue weighted by atomic mass is 10.2. The van der Waals surface area contributed by atoms with E-state index in [2.05, 4.69) is 14.7 Å². The molecule has 0 unspecified atom stereocenters. The Hall–Kier alpha value is -2.52. The van der Waals surface area contributed by atoms with Crippen molar-refractivity contribution in [3.8, 4) is 11.4 Å². The van der Waals surface area contributed by atoms with Gasteiger partial charge in [-0.2, -0.15) is 9.36 Å². The Balaban J connectivity index is 1.71. The van der Waals surface area contributed by atoms with Crippen molar-refractivity contribution < 1.29 is 19.8 Å². The Kier molecular flexibility index (Phi) is 4.22. The van der Waals surface area contributed by atoms with E-state index < -0.39 is 24.1 Å². The average Bonchev–Trinajstić information content (AvgIpc) is 3.15. The van der Waals surface area contributed by atoms with Crippen molar-refractivity contribution in [1.29, 1.82) is 0 Å². The molecule has 9 heteroatoms. The standard InChI is InChI=1S/C14H14N4O4S/c19-9-6-10(18(7-9)14(21)22)12(20)16-13-15-11(17-23-13)8-4-2-1-3-5-8/h1-5,9-10,19H,6-7H2,(H,21,22)(H,15,16,17,20)/t9-,10-/m0/s1. The van der Waals surface area contributed by atoms with E-state index >= 15 is 0 Å². The van der Waals surface area contributed by atoms with Gasteiger partial charge in [-0.25, -0.2) is 4.79 Å². The van der Waals surface area contributed by atoms with Crippen LogP contribution in [-0.4, -0.2) is 55.2 Å². The summed E-state index contributed by atoms with van der Waals surface area (Å²) in [5.41, 5.74) is 0.827. The largest absolute Gasteiger partial charge is 0.465 e. The molecular weight excluding hydrogens is 320 g/mol. The number of carbonyl (C=O) groups is 2. The lowest BCUT2D eigenvalue weighted by Gasteiger charge is -2.19. The number of rotatable bonds is 3. The second-order valence-electron chi connectivity index (χ2n) is 5.12. The van der Waals surface area contributed by atoms with E-state index in [-0.39, 0.29) is 13.0 Å². The van der Waals surface area contributed by atoms with Crippen molar-refractivity contribution >= 4 is 28.7 Å². The molecule has 120 valence electrons. The molecule has 1 saturated heterocycles. The Morgan fingerprint density at radius 3 is 2.74 bits per heavy atom. The fourth-order valence-corrected chi connectivity index (χ4v) is 3.03. The normalized spacial score (nSPS) is 20.5. The number of β-amino-alcohol motifs (C(OH)–C–C–N with tert-alkyl or cyclic N) is 1. The maximum Gasteiger partial charge on any atom is 0.408 e. The van der Waals surface area contributed by atoms with Gasteiger partial charge in [0.05, 0.1) is 12.6 Å². The molecule has 0 radical (unpaired) electrons. The quantitative estimate of drug-likeness (QED) is 0.778. The molecule has 3 rings (SSSR count). The van der Waals surface area contributed by atoms with Crippen LogP contribution in [0.1, 0.15) is 6.42 Å². The van der Waals surface area contributed by atoms with Crippen molar-refractivity contribution in [2.75, 3.05) is 11.9 Å². The van der Waals surface area contributed by atoms with Crippen LogP contribution in [0.5, 0.6) is 0 Å². The van der Waals surface area contributed by atoms with Crippen LogP contribution < -0.4 is 5.32 Å². The van der Waals surface area contributed by atoms with Crippen LogP contribution in [0.15, 0.2) is 30.3 Å². The summed E-state index contributed by atoms with van der Waals surface area (Å²) in [4.78, 5) is 28.5. The number of benzene rings is 1. The zero-order valence-corrected chi connectivity index (χ0v) is 12.7. The number of likely N-dealkylation sites (tertiary alicyclic amines) is 1. The Bertz CT molecular complexity index is 721. The molecule has 0 bridgehead atoms. The van der Waals surface area contributed by atoms with Gasteiger partial charge in [-0.05, 0) is 0 Å². The van der Waals surface area contributed by atoms with Crippen molar-refractivity contribution in [3.63, 3.8) is 0 Å². The zero-order valence-electron chi connectivity index (χ0n) is 11.9. The topological polar surface area (TPSA) is 116 Å². The van der Waals surface area contributed by atoms with Crippen LogP contribution in [0.3, 0.4) is 0 Å². The van der Waals surface area contributed by atoms with Crippen LogP contribution >= 0.6 is 11.5 Å². The lowest BCUT2D eigenvalue weighted by Crippen LogP contribution is -2.42. The number of hydrogen-bond acceptors (Lipinski definition) is 6. The molecular formula is C14H14N4O4S. The van der Waals surface area contributed by atoms with Crippen LogP contribution in [-0.2, 0) is 4.79 Å². The summed E-state index contributed by atoms with van der Waals surface area (Å²) in [6.07, 6.45) is -2.00. The second kappa shape index (κ2) is 6.31. The minimum absolute atomic E-state index is 0.0706. The maximum absolute atomic E-state index is 12.2. The van der Waals surface area contributed by atoms with Gasteiger partial charge in [0.25, 0.3) is 0 Å². The molecule has 1 fully saturated rings. The van der Waals surface area contributed by atoms with E-state index in [0.717, 1.165) is 22.0 Å². The first kappa shape index (κ1) is 15.4. The van der Waals surface area contributed by atoms with Gasteiger partial charge in [0.15, 0.2) is 5.82 Å². The molecule has 0 spiro atoms. The van der Waals surface area contributed by atoms with E-state index in [9.17, 15) is 14.7 Å². The first-order valence-electron chi connectivity index (χ1n) is 6.92. The van der Waals surface area contributed by atoms with Crippen molar-refractivity contribution in [2.24, 2.45) is 0 Å². The highest BCUT2D eigenvalue weighted by Crippen LogP contribution is 2.23. The van der Waals surface area contributed by atoms with Gasteiger partial charge < -0.3 is 10.2 Å². The minimum Gasteiger partial charge on any atom is -0.465 e. The Morgan fingerprint density at radius 1 is 1.30 bits per heavy atom. The Labute approximate surface area is 135 Å². The molecule has 2 aromatic rings. The third-order valence-electron chi connectivity index (χ3n) is 3.52. The zero-order chi connectivity index (χ0) is 16.4. The molecule has 2 heterocycles. The third kappa shape index (κ3) is 3.30. The van der Waals surface area contributed by atoms with Gasteiger partial charge in [0.1, 0.15) is 6.04 Å². The summed E-state index contributed by atoms with van der Waals surface area (Å²) in [5.74, 6) is -0.0211. The molecule has 1 aromatic heterocycles. The van der Waals surface area contributed by atoms with Crippen LogP contribution in [0.2, 0.25) is 0 Å². The lowest BCUT2D eigenvalue weighted by molar-refractivity contribution is -0.120. The average molecular weight is 334 g/mol. The molecule has 1 aromatic carbocycles. The molecule has 1 aliphatic rings. The monoisotopic (exact) mass is 334 g/mol. The number of nitrogens with one attached hydrogen (secondary N) is 1. The number of aromatic nitrogens is 2. The van der Waals surface area contributed by atoms with Gasteiger partial charge in [0, 0.05) is 23.5 Å². The van der Waals surface area contributed by atoms with Crippen molar-refractivity contribution in [2.45, 2.75) is 18.6 Å². The van der Waals surface area contributed by atoms with Gasteiger partial charge in [-0.3, -0.25) is 15.0 Å². The highest BCUT2D eigenvalue weighted by molar-refractivity contribution is 7.10. The molecule has 1 aliphatic heterocycles. The predicted octanol–water partition coefficient (Wildman–Crippen LogP) is 1.26. The summed E-state index contributed by atoms with van der Waals surface area (Å²) in [6, 6.07) is 8.38. The second-order valence-corrected chi connectivity index (χ2v) is 5.87. The number of nitrogens with zero attached hydrogens (tertiary/aromatic N) is 3. The summed E-state index contributed by atoms with van der Waals surface area (Å²) in [7, 11) is 0. The first-order valence-corrected chi connectivity index (χ1v) is 7.69. The third-order valence-corrected chi connectivity index (χ3v) is 4.15. The molecule has 8 nitrogen and oxygen atoms in total. The fourth-order valence-electron chi connectivity index (χ4n) is 2.44. The van der Waals surface area contributed by atoms with Crippen molar-refractivity contribution in [1.82, 2.24) is 14.3 Å². The first-order chi connectivity index (χ1) is 11.0. The van der Waals surface area contributed by atoms with Gasteiger partial charge in [-0.15, -0.1) is 0 Å². The molecule has 2 atom stereocenters. The maximum atomic E-state index is 12.2. The SMILES string of the molecule is O=C(Nc1nc(-c2ccccc2)ns1)[C@@H]1C[C@H](O)CN1C(=O)O. The van der Waals surface area contributed by atoms with E-state index in [4.69, 9.17) is 5.11 Å². The number of aliphatic hydroxyl groups excluding tert-OH is 1. The van der Waals surface area contributed by atoms with E-state index in [1.54, 1.807) is 0 Å². The molecule has 0 saturated carbocycles. The summed E-state index contributed by atoms with van der Waals surface area (Å²) >= 11 is 1.02. The van der Waals surface area contributed by atoms with Gasteiger partial charge in [0.2, 0.25) is 11.0 Å². The smallest absolute Gasteiger partial charge is 0.408 e.